The second kappa shape index (κ2) is 27.7. The third-order valence-corrected chi connectivity index (χ3v) is 15.5. The van der Waals surface area contributed by atoms with E-state index in [2.05, 4.69) is 110 Å². The number of hydrogen-bond donors (Lipinski definition) is 1. The van der Waals surface area contributed by atoms with E-state index in [1.807, 2.05) is 109 Å². The van der Waals surface area contributed by atoms with Gasteiger partial charge in [0.15, 0.2) is 6.29 Å². The number of aromatic nitrogens is 2. The highest BCUT2D eigenvalue weighted by atomic mass is 32.1. The monoisotopic (exact) mass is 1030 g/mol. The molecule has 0 radical (unpaired) electrons. The van der Waals surface area contributed by atoms with Gasteiger partial charge in [-0.05, 0) is 98.1 Å². The Kier molecular flexibility index (Phi) is 20.7. The summed E-state index contributed by atoms with van der Waals surface area (Å²) in [5.74, 6) is 0.189. The molecule has 10 rings (SSSR count). The number of hydrogen-bond acceptors (Lipinski definition) is 11. The normalized spacial score (nSPS) is 14.9. The number of pyridine rings is 2. The Hall–Kier alpha value is -6.45. The highest BCUT2D eigenvalue weighted by molar-refractivity contribution is 7.11. The molecule has 2 amide bonds. The summed E-state index contributed by atoms with van der Waals surface area (Å²) in [5, 5.41) is 9.80. The molecule has 11 nitrogen and oxygen atoms in total. The van der Waals surface area contributed by atoms with Crippen LogP contribution in [0.15, 0.2) is 157 Å². The zero-order valence-corrected chi connectivity index (χ0v) is 44.2. The molecule has 2 saturated heterocycles. The number of aldehydes is 1. The van der Waals surface area contributed by atoms with E-state index in [0.717, 1.165) is 129 Å². The average Bonchev–Trinajstić information content (AvgIpc) is 4.19. The van der Waals surface area contributed by atoms with E-state index in [-0.39, 0.29) is 31.3 Å². The standard InChI is InChI=1S/C30H34N4OS.C25H30N4O.C5H4OS.CH4/c1-3-33(4-2)30(35)25-14-12-24(13-15-25)29(27-11-5-8-23-9-6-16-31-28(23)27)34-19-17-32(18-20-34)22-26-10-7-21-36-26;1-3-28(4-2)25(30)21-12-10-20(11-13-21)24(29-17-15-26-16-18-29)22-9-5-7-19-8-6-14-27-23(19)22;6-4-5-2-1-3-7-5;/h5-16,21,29H,3-4,17-20,22H2,1-2H3;5-14,24,26H,3-4,15-18H2,1-2H3;1-4H;1H4. The third kappa shape index (κ3) is 13.6. The second-order valence-electron chi connectivity index (χ2n) is 18.2. The van der Waals surface area contributed by atoms with Gasteiger partial charge in [0.1, 0.15) is 0 Å². The third-order valence-electron chi connectivity index (χ3n) is 13.9. The molecular formula is C61H72N8O3S2. The Bertz CT molecular complexity index is 2950. The van der Waals surface area contributed by atoms with Crippen molar-refractivity contribution in [3.63, 3.8) is 0 Å². The summed E-state index contributed by atoms with van der Waals surface area (Å²) in [5.41, 5.74) is 8.44. The summed E-state index contributed by atoms with van der Waals surface area (Å²) in [6.45, 7) is 20.0. The van der Waals surface area contributed by atoms with Crippen LogP contribution in [-0.4, -0.2) is 131 Å². The number of fused-ring (bicyclic) bond motifs is 2. The number of nitrogens with zero attached hydrogens (tertiary/aromatic N) is 7. The maximum atomic E-state index is 12.9. The van der Waals surface area contributed by atoms with Crippen molar-refractivity contribution >= 4 is 62.6 Å². The molecule has 0 aliphatic carbocycles. The molecule has 13 heteroatoms. The van der Waals surface area contributed by atoms with E-state index < -0.39 is 0 Å². The molecule has 2 atom stereocenters. The summed E-state index contributed by atoms with van der Waals surface area (Å²) >= 11 is 3.29. The number of rotatable bonds is 15. The first-order valence-corrected chi connectivity index (χ1v) is 27.5. The van der Waals surface area contributed by atoms with Crippen LogP contribution in [0.5, 0.6) is 0 Å². The SMILES string of the molecule is C.CCN(CC)C(=O)c1ccc(C(c2cccc3cccnc23)N2CCN(Cc3cccs3)CC2)cc1.CCN(CC)C(=O)c1ccc(C(c2cccc3cccnc23)N2CCNCC2)cc1.O=Cc1cccs1. The van der Waals surface area contributed by atoms with Gasteiger partial charge in [0.25, 0.3) is 11.8 Å². The number of amides is 2. The van der Waals surface area contributed by atoms with Gasteiger partial charge in [-0.25, -0.2) is 0 Å². The molecule has 1 N–H and O–H groups in total. The van der Waals surface area contributed by atoms with E-state index in [9.17, 15) is 14.4 Å². The number of nitrogens with one attached hydrogen (secondary N) is 1. The van der Waals surface area contributed by atoms with Crippen LogP contribution >= 0.6 is 22.7 Å². The summed E-state index contributed by atoms with van der Waals surface area (Å²) < 4.78 is 0. The maximum Gasteiger partial charge on any atom is 0.253 e. The minimum atomic E-state index is 0. The summed E-state index contributed by atoms with van der Waals surface area (Å²) in [7, 11) is 0. The Labute approximate surface area is 446 Å². The van der Waals surface area contributed by atoms with Crippen LogP contribution in [0.1, 0.15) is 105 Å². The molecule has 0 saturated carbocycles. The van der Waals surface area contributed by atoms with Gasteiger partial charge in [0.05, 0.1) is 28.0 Å². The fraction of sp³-hybridized carbons (Fsp3) is 0.328. The van der Waals surface area contributed by atoms with Crippen molar-refractivity contribution in [3.8, 4) is 0 Å². The molecule has 6 heterocycles. The number of carbonyl (C=O) groups excluding carboxylic acids is 3. The lowest BCUT2D eigenvalue weighted by atomic mass is 9.93. The highest BCUT2D eigenvalue weighted by Gasteiger charge is 2.30. The van der Waals surface area contributed by atoms with Crippen LogP contribution in [0.2, 0.25) is 0 Å². The van der Waals surface area contributed by atoms with Crippen molar-refractivity contribution in [1.29, 1.82) is 0 Å². The molecule has 0 spiro atoms. The molecule has 4 aromatic carbocycles. The molecular weight excluding hydrogens is 957 g/mol. The van der Waals surface area contributed by atoms with Gasteiger partial charge in [-0.15, -0.1) is 22.7 Å². The lowest BCUT2D eigenvalue weighted by Gasteiger charge is -2.40. The minimum Gasteiger partial charge on any atom is -0.339 e. The molecule has 2 unspecified atom stereocenters. The molecule has 74 heavy (non-hydrogen) atoms. The van der Waals surface area contributed by atoms with Crippen LogP contribution in [-0.2, 0) is 6.54 Å². The fourth-order valence-electron chi connectivity index (χ4n) is 9.98. The Morgan fingerprint density at radius 3 is 1.45 bits per heavy atom. The van der Waals surface area contributed by atoms with E-state index >= 15 is 0 Å². The summed E-state index contributed by atoms with van der Waals surface area (Å²) in [6, 6.07) is 45.8. The van der Waals surface area contributed by atoms with Gasteiger partial charge >= 0.3 is 0 Å². The quantitative estimate of drug-likeness (QED) is 0.101. The lowest BCUT2D eigenvalue weighted by Crippen LogP contribution is -2.47. The van der Waals surface area contributed by atoms with Crippen molar-refractivity contribution in [2.24, 2.45) is 0 Å². The topological polar surface area (TPSA) is 105 Å². The number of benzene rings is 4. The number of thiophene rings is 2. The van der Waals surface area contributed by atoms with Crippen LogP contribution in [0.25, 0.3) is 21.8 Å². The lowest BCUT2D eigenvalue weighted by molar-refractivity contribution is 0.0765. The smallest absolute Gasteiger partial charge is 0.253 e. The molecule has 2 fully saturated rings. The fourth-order valence-corrected chi connectivity index (χ4v) is 11.2. The summed E-state index contributed by atoms with van der Waals surface area (Å²) in [6.07, 6.45) is 4.60. The van der Waals surface area contributed by atoms with E-state index in [1.165, 1.54) is 38.5 Å². The summed E-state index contributed by atoms with van der Waals surface area (Å²) in [4.78, 5) is 58.6. The van der Waals surface area contributed by atoms with Crippen LogP contribution < -0.4 is 5.32 Å². The Morgan fingerprint density at radius 1 is 0.568 bits per heavy atom. The molecule has 0 bridgehead atoms. The van der Waals surface area contributed by atoms with Gasteiger partial charge in [0.2, 0.25) is 0 Å². The molecule has 8 aromatic rings. The second-order valence-corrected chi connectivity index (χ2v) is 20.2. The van der Waals surface area contributed by atoms with Gasteiger partial charge < -0.3 is 15.1 Å². The van der Waals surface area contributed by atoms with Crippen molar-refractivity contribution < 1.29 is 14.4 Å². The largest absolute Gasteiger partial charge is 0.339 e. The van der Waals surface area contributed by atoms with Crippen LogP contribution in [0, 0.1) is 0 Å². The van der Waals surface area contributed by atoms with Gasteiger partial charge in [-0.3, -0.25) is 39.1 Å². The first-order valence-electron chi connectivity index (χ1n) is 25.7. The van der Waals surface area contributed by atoms with E-state index in [1.54, 1.807) is 6.07 Å². The zero-order chi connectivity index (χ0) is 50.9. The molecule has 2 aliphatic rings. The van der Waals surface area contributed by atoms with E-state index in [0.29, 0.717) is 0 Å². The first kappa shape index (κ1) is 55.3. The van der Waals surface area contributed by atoms with Crippen LogP contribution in [0.4, 0.5) is 0 Å². The van der Waals surface area contributed by atoms with Gasteiger partial charge in [-0.1, -0.05) is 92.4 Å². The highest BCUT2D eigenvalue weighted by Crippen LogP contribution is 2.35. The molecule has 386 valence electrons. The number of para-hydroxylation sites is 2. The van der Waals surface area contributed by atoms with Gasteiger partial charge in [-0.2, -0.15) is 0 Å². The van der Waals surface area contributed by atoms with Gasteiger partial charge in [0, 0.05) is 135 Å². The number of piperazine rings is 2. The predicted octanol–water partition coefficient (Wildman–Crippen LogP) is 11.6. The average molecular weight is 1030 g/mol. The molecule has 4 aromatic heterocycles. The van der Waals surface area contributed by atoms with Crippen LogP contribution in [0.3, 0.4) is 0 Å². The van der Waals surface area contributed by atoms with Crippen molar-refractivity contribution in [2.45, 2.75) is 53.8 Å². The number of carbonyl (C=O) groups is 3. The van der Waals surface area contributed by atoms with Crippen molar-refractivity contribution in [2.75, 3.05) is 78.5 Å². The van der Waals surface area contributed by atoms with Crippen molar-refractivity contribution in [1.82, 2.24) is 39.8 Å². The van der Waals surface area contributed by atoms with E-state index in [4.69, 9.17) is 9.97 Å². The first-order chi connectivity index (χ1) is 35.8. The zero-order valence-electron chi connectivity index (χ0n) is 42.6. The molecule has 2 aliphatic heterocycles. The Morgan fingerprint density at radius 2 is 1.03 bits per heavy atom. The minimum absolute atomic E-state index is 0. The maximum absolute atomic E-state index is 12.9. The predicted molar refractivity (Wildman–Crippen MR) is 307 cm³/mol. The van der Waals surface area contributed by atoms with Crippen molar-refractivity contribution in [3.05, 3.63) is 200 Å². The Balaban J connectivity index is 0.000000191.